The minimum Gasteiger partial charge on any atom is -0.364 e. The zero-order chi connectivity index (χ0) is 10.3. The van der Waals surface area contributed by atoms with Crippen molar-refractivity contribution in [2.45, 2.75) is 0 Å². The molecule has 0 unspecified atom stereocenters. The number of amides is 1. The summed E-state index contributed by atoms with van der Waals surface area (Å²) < 4.78 is 0.697. The molecule has 0 aliphatic carbocycles. The summed E-state index contributed by atoms with van der Waals surface area (Å²) in [6.45, 7) is 0. The van der Waals surface area contributed by atoms with Gasteiger partial charge in [-0.3, -0.25) is 9.89 Å². The number of halogens is 2. The first kappa shape index (κ1) is 9.48. The van der Waals surface area contributed by atoms with E-state index in [0.29, 0.717) is 20.4 Å². The SMILES string of the molecule is NC(=O)c1n[nH]c2cc(Cl)cc(Br)c12. The summed E-state index contributed by atoms with van der Waals surface area (Å²) in [4.78, 5) is 11.0. The molecule has 0 radical (unpaired) electrons. The van der Waals surface area contributed by atoms with Gasteiger partial charge in [0.2, 0.25) is 0 Å². The van der Waals surface area contributed by atoms with Crippen molar-refractivity contribution < 1.29 is 4.79 Å². The molecule has 72 valence electrons. The van der Waals surface area contributed by atoms with Gasteiger partial charge in [0, 0.05) is 14.9 Å². The van der Waals surface area contributed by atoms with E-state index in [4.69, 9.17) is 17.3 Å². The van der Waals surface area contributed by atoms with Crippen LogP contribution in [0.4, 0.5) is 0 Å². The van der Waals surface area contributed by atoms with Crippen LogP contribution in [0.25, 0.3) is 10.9 Å². The lowest BCUT2D eigenvalue weighted by atomic mass is 10.2. The Morgan fingerprint density at radius 3 is 2.93 bits per heavy atom. The number of carbonyl (C=O) groups excluding carboxylic acids is 1. The fourth-order valence-corrected chi connectivity index (χ4v) is 2.25. The van der Waals surface area contributed by atoms with Gasteiger partial charge in [0.25, 0.3) is 5.91 Å². The molecule has 0 spiro atoms. The molecule has 2 rings (SSSR count). The van der Waals surface area contributed by atoms with Crippen molar-refractivity contribution in [1.82, 2.24) is 10.2 Å². The number of hydrogen-bond donors (Lipinski definition) is 2. The van der Waals surface area contributed by atoms with Crippen LogP contribution in [0, 0.1) is 0 Å². The third kappa shape index (κ3) is 1.38. The van der Waals surface area contributed by atoms with Crippen LogP contribution in [0.1, 0.15) is 10.5 Å². The summed E-state index contributed by atoms with van der Waals surface area (Å²) in [6.07, 6.45) is 0. The molecule has 1 amide bonds. The van der Waals surface area contributed by atoms with E-state index in [2.05, 4.69) is 26.1 Å². The summed E-state index contributed by atoms with van der Waals surface area (Å²) >= 11 is 9.11. The van der Waals surface area contributed by atoms with Crippen molar-refractivity contribution >= 4 is 44.3 Å². The molecule has 14 heavy (non-hydrogen) atoms. The molecule has 1 heterocycles. The Bertz CT molecular complexity index is 523. The van der Waals surface area contributed by atoms with Gasteiger partial charge in [0.1, 0.15) is 0 Å². The number of rotatable bonds is 1. The maximum Gasteiger partial charge on any atom is 0.269 e. The quantitative estimate of drug-likeness (QED) is 0.835. The molecule has 0 aliphatic heterocycles. The van der Waals surface area contributed by atoms with E-state index in [0.717, 1.165) is 0 Å². The Hall–Kier alpha value is -1.07. The maximum absolute atomic E-state index is 11.0. The first-order valence-electron chi connectivity index (χ1n) is 3.72. The van der Waals surface area contributed by atoms with E-state index in [1.165, 1.54) is 0 Å². The summed E-state index contributed by atoms with van der Waals surface area (Å²) in [5, 5.41) is 7.71. The van der Waals surface area contributed by atoms with Crippen LogP contribution >= 0.6 is 27.5 Å². The zero-order valence-corrected chi connectivity index (χ0v) is 9.19. The number of nitrogens with one attached hydrogen (secondary N) is 1. The third-order valence-electron chi connectivity index (χ3n) is 1.81. The van der Waals surface area contributed by atoms with E-state index in [9.17, 15) is 4.79 Å². The zero-order valence-electron chi connectivity index (χ0n) is 6.84. The molecule has 1 aromatic heterocycles. The minimum absolute atomic E-state index is 0.212. The van der Waals surface area contributed by atoms with Crippen LogP contribution in [-0.4, -0.2) is 16.1 Å². The molecule has 0 fully saturated rings. The predicted molar refractivity (Wildman–Crippen MR) is 57.3 cm³/mol. The second-order valence-corrected chi connectivity index (χ2v) is 4.04. The maximum atomic E-state index is 11.0. The number of aromatic amines is 1. The van der Waals surface area contributed by atoms with Gasteiger partial charge in [0.05, 0.1) is 5.52 Å². The normalized spacial score (nSPS) is 10.7. The highest BCUT2D eigenvalue weighted by atomic mass is 79.9. The van der Waals surface area contributed by atoms with Gasteiger partial charge >= 0.3 is 0 Å². The van der Waals surface area contributed by atoms with E-state index >= 15 is 0 Å². The number of nitrogens with two attached hydrogens (primary N) is 1. The van der Waals surface area contributed by atoms with E-state index in [1.807, 2.05) is 0 Å². The topological polar surface area (TPSA) is 71.8 Å². The van der Waals surface area contributed by atoms with E-state index in [1.54, 1.807) is 12.1 Å². The molecule has 2 aromatic rings. The Kier molecular flexibility index (Phi) is 2.20. The lowest BCUT2D eigenvalue weighted by Crippen LogP contribution is -2.11. The number of carbonyl (C=O) groups is 1. The fraction of sp³-hybridized carbons (Fsp3) is 0. The minimum atomic E-state index is -0.570. The number of nitrogens with zero attached hydrogens (tertiary/aromatic N) is 1. The smallest absolute Gasteiger partial charge is 0.269 e. The Morgan fingerprint density at radius 2 is 2.29 bits per heavy atom. The molecule has 0 bridgehead atoms. The highest BCUT2D eigenvalue weighted by molar-refractivity contribution is 9.10. The average Bonchev–Trinajstić information content (AvgIpc) is 2.47. The second kappa shape index (κ2) is 3.25. The van der Waals surface area contributed by atoms with Crippen molar-refractivity contribution in [1.29, 1.82) is 0 Å². The number of fused-ring (bicyclic) bond motifs is 1. The summed E-state index contributed by atoms with van der Waals surface area (Å²) in [6, 6.07) is 3.37. The van der Waals surface area contributed by atoms with Gasteiger partial charge in [-0.15, -0.1) is 0 Å². The summed E-state index contributed by atoms with van der Waals surface area (Å²) in [5.41, 5.74) is 6.05. The van der Waals surface area contributed by atoms with E-state index in [-0.39, 0.29) is 5.69 Å². The van der Waals surface area contributed by atoms with Gasteiger partial charge in [-0.2, -0.15) is 5.10 Å². The standard InChI is InChI=1S/C8H5BrClN3O/c9-4-1-3(10)2-5-6(4)7(8(11)14)13-12-5/h1-2H,(H2,11,14)(H,12,13). The molecule has 0 saturated carbocycles. The average molecular weight is 275 g/mol. The van der Waals surface area contributed by atoms with Crippen LogP contribution in [0.3, 0.4) is 0 Å². The molecule has 6 heteroatoms. The summed E-state index contributed by atoms with van der Waals surface area (Å²) in [7, 11) is 0. The molecular weight excluding hydrogens is 269 g/mol. The molecule has 3 N–H and O–H groups in total. The van der Waals surface area contributed by atoms with Crippen LogP contribution in [0.2, 0.25) is 5.02 Å². The number of benzene rings is 1. The first-order valence-corrected chi connectivity index (χ1v) is 4.89. The molecule has 0 aliphatic rings. The van der Waals surface area contributed by atoms with Gasteiger partial charge in [-0.25, -0.2) is 0 Å². The Labute approximate surface area is 92.5 Å². The van der Waals surface area contributed by atoms with Crippen LogP contribution in [0.15, 0.2) is 16.6 Å². The Balaban J connectivity index is 2.85. The monoisotopic (exact) mass is 273 g/mol. The molecule has 1 aromatic carbocycles. The van der Waals surface area contributed by atoms with Crippen molar-refractivity contribution in [3.63, 3.8) is 0 Å². The highest BCUT2D eigenvalue weighted by Crippen LogP contribution is 2.29. The number of H-pyrrole nitrogens is 1. The molecule has 0 saturated heterocycles. The molecular formula is C8H5BrClN3O. The number of hydrogen-bond acceptors (Lipinski definition) is 2. The van der Waals surface area contributed by atoms with Crippen molar-refractivity contribution in [2.75, 3.05) is 0 Å². The van der Waals surface area contributed by atoms with Crippen LogP contribution in [-0.2, 0) is 0 Å². The van der Waals surface area contributed by atoms with Crippen molar-refractivity contribution in [3.8, 4) is 0 Å². The van der Waals surface area contributed by atoms with E-state index < -0.39 is 5.91 Å². The van der Waals surface area contributed by atoms with Gasteiger partial charge in [-0.1, -0.05) is 11.6 Å². The molecule has 4 nitrogen and oxygen atoms in total. The van der Waals surface area contributed by atoms with Crippen molar-refractivity contribution in [2.24, 2.45) is 5.73 Å². The fourth-order valence-electron chi connectivity index (χ4n) is 1.25. The lowest BCUT2D eigenvalue weighted by Gasteiger charge is -1.96. The van der Waals surface area contributed by atoms with Crippen LogP contribution < -0.4 is 5.73 Å². The lowest BCUT2D eigenvalue weighted by molar-refractivity contribution is 0.0997. The first-order chi connectivity index (χ1) is 6.59. The highest BCUT2D eigenvalue weighted by Gasteiger charge is 2.14. The van der Waals surface area contributed by atoms with Gasteiger partial charge < -0.3 is 5.73 Å². The third-order valence-corrected chi connectivity index (χ3v) is 2.66. The largest absolute Gasteiger partial charge is 0.364 e. The molecule has 0 atom stereocenters. The van der Waals surface area contributed by atoms with Gasteiger partial charge in [-0.05, 0) is 28.1 Å². The number of aromatic nitrogens is 2. The van der Waals surface area contributed by atoms with Crippen LogP contribution in [0.5, 0.6) is 0 Å². The second-order valence-electron chi connectivity index (χ2n) is 2.75. The predicted octanol–water partition coefficient (Wildman–Crippen LogP) is 2.08. The van der Waals surface area contributed by atoms with Crippen molar-refractivity contribution in [3.05, 3.63) is 27.3 Å². The summed E-state index contributed by atoms with van der Waals surface area (Å²) in [5.74, 6) is -0.570. The number of primary amides is 1. The Morgan fingerprint density at radius 1 is 1.57 bits per heavy atom. The van der Waals surface area contributed by atoms with Gasteiger partial charge in [0.15, 0.2) is 5.69 Å².